The van der Waals surface area contributed by atoms with E-state index in [0.717, 1.165) is 12.0 Å². The summed E-state index contributed by atoms with van der Waals surface area (Å²) in [5.41, 5.74) is 1.14. The number of hydrogen-bond acceptors (Lipinski definition) is 4. The highest BCUT2D eigenvalue weighted by atomic mass is 16.6. The Labute approximate surface area is 141 Å². The van der Waals surface area contributed by atoms with Crippen molar-refractivity contribution in [3.05, 3.63) is 66.2 Å². The maximum atomic E-state index is 11.8. The van der Waals surface area contributed by atoms with Gasteiger partial charge in [0, 0.05) is 6.54 Å². The second-order valence-electron chi connectivity index (χ2n) is 5.27. The lowest BCUT2D eigenvalue weighted by Crippen LogP contribution is -2.33. The smallest absolute Gasteiger partial charge is 0.347 e. The number of ether oxygens (including phenoxy) is 2. The molecule has 5 nitrogen and oxygen atoms in total. The van der Waals surface area contributed by atoms with Crippen molar-refractivity contribution < 1.29 is 19.1 Å². The van der Waals surface area contributed by atoms with Crippen LogP contribution in [-0.2, 0) is 20.7 Å². The van der Waals surface area contributed by atoms with Gasteiger partial charge in [0.1, 0.15) is 5.75 Å². The fourth-order valence-corrected chi connectivity index (χ4v) is 2.05. The zero-order valence-corrected chi connectivity index (χ0v) is 13.6. The highest BCUT2D eigenvalue weighted by molar-refractivity contribution is 5.81. The lowest BCUT2D eigenvalue weighted by Gasteiger charge is -2.13. The molecule has 0 saturated carbocycles. The molecule has 0 heterocycles. The molecular weight excluding hydrogens is 306 g/mol. The molecule has 0 aliphatic rings. The van der Waals surface area contributed by atoms with Gasteiger partial charge in [-0.15, -0.1) is 0 Å². The normalized spacial score (nSPS) is 11.4. The van der Waals surface area contributed by atoms with Crippen molar-refractivity contribution in [1.29, 1.82) is 0 Å². The molecule has 2 aromatic carbocycles. The molecule has 0 bridgehead atoms. The molecule has 1 amide bonds. The molecule has 5 heteroatoms. The maximum absolute atomic E-state index is 11.8. The van der Waals surface area contributed by atoms with Crippen molar-refractivity contribution in [2.24, 2.45) is 0 Å². The third-order valence-corrected chi connectivity index (χ3v) is 3.31. The van der Waals surface area contributed by atoms with E-state index in [-0.39, 0.29) is 12.5 Å². The molecule has 0 aliphatic heterocycles. The third kappa shape index (κ3) is 6.12. The lowest BCUT2D eigenvalue weighted by molar-refractivity contribution is -0.154. The Kier molecular flexibility index (Phi) is 6.83. The van der Waals surface area contributed by atoms with E-state index in [1.165, 1.54) is 0 Å². The second kappa shape index (κ2) is 9.35. The number of amides is 1. The topological polar surface area (TPSA) is 64.6 Å². The van der Waals surface area contributed by atoms with Crippen molar-refractivity contribution in [2.75, 3.05) is 13.2 Å². The minimum atomic E-state index is -0.774. The van der Waals surface area contributed by atoms with Crippen molar-refractivity contribution in [2.45, 2.75) is 19.4 Å². The van der Waals surface area contributed by atoms with Gasteiger partial charge in [-0.05, 0) is 31.0 Å². The molecule has 2 rings (SSSR count). The van der Waals surface area contributed by atoms with Gasteiger partial charge in [-0.1, -0.05) is 48.5 Å². The summed E-state index contributed by atoms with van der Waals surface area (Å²) < 4.78 is 10.4. The molecular formula is C19H21NO4. The van der Waals surface area contributed by atoms with Crippen LogP contribution in [-0.4, -0.2) is 31.1 Å². The van der Waals surface area contributed by atoms with Crippen LogP contribution < -0.4 is 10.1 Å². The molecule has 0 saturated heterocycles. The molecule has 1 atom stereocenters. The van der Waals surface area contributed by atoms with E-state index in [1.54, 1.807) is 19.1 Å². The standard InChI is InChI=1S/C19H21NO4/c1-15(24-17-10-6-3-7-11-17)19(22)23-14-18(21)20-13-12-16-8-4-2-5-9-16/h2-11,15H,12-14H2,1H3,(H,20,21)/t15-/m0/s1. The first-order valence-electron chi connectivity index (χ1n) is 7.84. The number of para-hydroxylation sites is 1. The predicted molar refractivity (Wildman–Crippen MR) is 90.6 cm³/mol. The van der Waals surface area contributed by atoms with Crippen LogP contribution in [0.4, 0.5) is 0 Å². The fourth-order valence-electron chi connectivity index (χ4n) is 2.05. The number of hydrogen-bond donors (Lipinski definition) is 1. The van der Waals surface area contributed by atoms with Crippen LogP contribution in [0, 0.1) is 0 Å². The molecule has 0 spiro atoms. The Balaban J connectivity index is 1.64. The van der Waals surface area contributed by atoms with Gasteiger partial charge in [0.05, 0.1) is 0 Å². The monoisotopic (exact) mass is 327 g/mol. The molecule has 0 unspecified atom stereocenters. The first kappa shape index (κ1) is 17.5. The zero-order valence-electron chi connectivity index (χ0n) is 13.6. The number of esters is 1. The van der Waals surface area contributed by atoms with Crippen LogP contribution in [0.1, 0.15) is 12.5 Å². The summed E-state index contributed by atoms with van der Waals surface area (Å²) >= 11 is 0. The zero-order chi connectivity index (χ0) is 17.2. The number of carbonyl (C=O) groups excluding carboxylic acids is 2. The van der Waals surface area contributed by atoms with Crippen molar-refractivity contribution in [3.63, 3.8) is 0 Å². The van der Waals surface area contributed by atoms with E-state index < -0.39 is 12.1 Å². The van der Waals surface area contributed by atoms with Crippen LogP contribution in [0.2, 0.25) is 0 Å². The van der Waals surface area contributed by atoms with Gasteiger partial charge < -0.3 is 14.8 Å². The summed E-state index contributed by atoms with van der Waals surface area (Å²) in [5, 5.41) is 2.72. The van der Waals surface area contributed by atoms with Gasteiger partial charge in [0.2, 0.25) is 0 Å². The maximum Gasteiger partial charge on any atom is 0.347 e. The first-order chi connectivity index (χ1) is 11.6. The lowest BCUT2D eigenvalue weighted by atomic mass is 10.1. The Morgan fingerprint density at radius 2 is 1.62 bits per heavy atom. The van der Waals surface area contributed by atoms with Gasteiger partial charge in [0.15, 0.2) is 12.7 Å². The summed E-state index contributed by atoms with van der Waals surface area (Å²) in [5.74, 6) is -0.322. The number of benzene rings is 2. The SMILES string of the molecule is C[C@H](Oc1ccccc1)C(=O)OCC(=O)NCCc1ccccc1. The number of nitrogens with one attached hydrogen (secondary N) is 1. The fraction of sp³-hybridized carbons (Fsp3) is 0.263. The van der Waals surface area contributed by atoms with Crippen molar-refractivity contribution in [3.8, 4) is 5.75 Å². The predicted octanol–water partition coefficient (Wildman–Crippen LogP) is 2.36. The molecule has 24 heavy (non-hydrogen) atoms. The van der Waals surface area contributed by atoms with Gasteiger partial charge in [0.25, 0.3) is 5.91 Å². The quantitative estimate of drug-likeness (QED) is 0.756. The van der Waals surface area contributed by atoms with Crippen molar-refractivity contribution >= 4 is 11.9 Å². The van der Waals surface area contributed by atoms with E-state index in [1.807, 2.05) is 48.5 Å². The Morgan fingerprint density at radius 1 is 1.00 bits per heavy atom. The number of rotatable bonds is 8. The summed E-state index contributed by atoms with van der Waals surface area (Å²) in [7, 11) is 0. The highest BCUT2D eigenvalue weighted by Crippen LogP contribution is 2.11. The molecule has 0 aromatic heterocycles. The van der Waals surface area contributed by atoms with E-state index in [4.69, 9.17) is 9.47 Å². The Hall–Kier alpha value is -2.82. The summed E-state index contributed by atoms with van der Waals surface area (Å²) in [6.07, 6.45) is -0.0434. The van der Waals surface area contributed by atoms with Crippen LogP contribution in [0.15, 0.2) is 60.7 Å². The van der Waals surface area contributed by atoms with Crippen LogP contribution in [0.25, 0.3) is 0 Å². The Bertz CT molecular complexity index is 643. The van der Waals surface area contributed by atoms with Crippen LogP contribution in [0.5, 0.6) is 5.75 Å². The third-order valence-electron chi connectivity index (χ3n) is 3.31. The van der Waals surface area contributed by atoms with E-state index >= 15 is 0 Å². The van der Waals surface area contributed by atoms with Gasteiger partial charge in [-0.25, -0.2) is 4.79 Å². The minimum Gasteiger partial charge on any atom is -0.479 e. The average Bonchev–Trinajstić information content (AvgIpc) is 2.61. The van der Waals surface area contributed by atoms with Gasteiger partial charge in [-0.3, -0.25) is 4.79 Å². The molecule has 0 aliphatic carbocycles. The van der Waals surface area contributed by atoms with Gasteiger partial charge in [-0.2, -0.15) is 0 Å². The van der Waals surface area contributed by atoms with E-state index in [2.05, 4.69) is 5.32 Å². The average molecular weight is 327 g/mol. The summed E-state index contributed by atoms with van der Waals surface area (Å²) in [6, 6.07) is 18.8. The largest absolute Gasteiger partial charge is 0.479 e. The minimum absolute atomic E-state index is 0.309. The first-order valence-corrected chi connectivity index (χ1v) is 7.84. The molecule has 2 aromatic rings. The molecule has 0 fully saturated rings. The van der Waals surface area contributed by atoms with Gasteiger partial charge >= 0.3 is 5.97 Å². The number of carbonyl (C=O) groups is 2. The van der Waals surface area contributed by atoms with Crippen LogP contribution >= 0.6 is 0 Å². The van der Waals surface area contributed by atoms with E-state index in [0.29, 0.717) is 12.3 Å². The highest BCUT2D eigenvalue weighted by Gasteiger charge is 2.17. The van der Waals surface area contributed by atoms with Crippen molar-refractivity contribution in [1.82, 2.24) is 5.32 Å². The van der Waals surface area contributed by atoms with Crippen LogP contribution in [0.3, 0.4) is 0 Å². The van der Waals surface area contributed by atoms with E-state index in [9.17, 15) is 9.59 Å². The Morgan fingerprint density at radius 3 is 2.29 bits per heavy atom. The molecule has 0 radical (unpaired) electrons. The summed E-state index contributed by atoms with van der Waals surface area (Å²) in [6.45, 7) is 1.77. The molecule has 1 N–H and O–H groups in total. The summed E-state index contributed by atoms with van der Waals surface area (Å²) in [4.78, 5) is 23.5. The molecule has 126 valence electrons. The second-order valence-corrected chi connectivity index (χ2v) is 5.27.